The predicted molar refractivity (Wildman–Crippen MR) is 177 cm³/mol. The number of nitrogens with one attached hydrogen (secondary N) is 2. The number of Topliss-reactive ketones (excluding diaryl/α,β-unsaturated/α-hetero) is 2. The van der Waals surface area contributed by atoms with Gasteiger partial charge in [0.15, 0.2) is 11.6 Å². The third-order valence-electron chi connectivity index (χ3n) is 7.80. The van der Waals surface area contributed by atoms with Gasteiger partial charge in [0.25, 0.3) is 0 Å². The van der Waals surface area contributed by atoms with Gasteiger partial charge in [0.05, 0.1) is 22.7 Å². The van der Waals surface area contributed by atoms with Crippen LogP contribution in [0.25, 0.3) is 0 Å². The zero-order chi connectivity index (χ0) is 35.4. The topological polar surface area (TPSA) is 192 Å². The predicted octanol–water partition coefficient (Wildman–Crippen LogP) is 4.90. The second-order valence-electron chi connectivity index (χ2n) is 11.3. The van der Waals surface area contributed by atoms with Crippen molar-refractivity contribution >= 4 is 70.0 Å². The van der Waals surface area contributed by atoms with Gasteiger partial charge in [0.2, 0.25) is 23.6 Å². The third kappa shape index (κ3) is 7.44. The molecule has 0 bridgehead atoms. The third-order valence-corrected chi connectivity index (χ3v) is 7.80. The van der Waals surface area contributed by atoms with Crippen LogP contribution in [0.2, 0.25) is 0 Å². The molecule has 2 saturated heterocycles. The van der Waals surface area contributed by atoms with E-state index in [1.165, 1.54) is 48.5 Å². The Labute approximate surface area is 283 Å². The Bertz CT molecular complexity index is 1900. The molecule has 0 aliphatic carbocycles. The molecule has 4 aromatic carbocycles. The van der Waals surface area contributed by atoms with Crippen LogP contribution in [0.5, 0.6) is 0 Å². The summed E-state index contributed by atoms with van der Waals surface area (Å²) >= 11 is 0. The van der Waals surface area contributed by atoms with Gasteiger partial charge in [-0.1, -0.05) is 24.3 Å². The molecule has 50 heavy (non-hydrogen) atoms. The molecule has 0 aromatic heterocycles. The van der Waals surface area contributed by atoms with E-state index in [4.69, 9.17) is 0 Å². The Morgan fingerprint density at radius 2 is 0.840 bits per heavy atom. The molecule has 2 fully saturated rings. The minimum absolute atomic E-state index is 0.107. The molecule has 0 unspecified atom stereocenters. The first-order valence-electron chi connectivity index (χ1n) is 15.2. The Morgan fingerprint density at radius 3 is 1.16 bits per heavy atom. The van der Waals surface area contributed by atoms with Gasteiger partial charge in [0, 0.05) is 24.0 Å². The number of anilines is 2. The largest absolute Gasteiger partial charge is 0.335 e. The number of rotatable bonds is 10. The maximum Gasteiger partial charge on any atom is 0.335 e. The Kier molecular flexibility index (Phi) is 9.25. The number of azo groups is 1. The van der Waals surface area contributed by atoms with Gasteiger partial charge in [-0.2, -0.15) is 10.2 Å². The van der Waals surface area contributed by atoms with Crippen molar-refractivity contribution in [3.8, 4) is 0 Å². The molecule has 14 nitrogen and oxygen atoms in total. The normalized spacial score (nSPS) is 15.0. The highest BCUT2D eigenvalue weighted by molar-refractivity contribution is 6.27. The van der Waals surface area contributed by atoms with E-state index in [0.29, 0.717) is 22.5 Å². The smallest absolute Gasteiger partial charge is 0.294 e. The van der Waals surface area contributed by atoms with Gasteiger partial charge in [0.1, 0.15) is 12.8 Å². The van der Waals surface area contributed by atoms with E-state index in [-0.39, 0.29) is 35.8 Å². The number of urea groups is 2. The number of benzene rings is 4. The summed E-state index contributed by atoms with van der Waals surface area (Å²) in [5.41, 5.74) is 3.90. The molecule has 0 atom stereocenters. The number of barbiturate groups is 2. The van der Waals surface area contributed by atoms with Crippen LogP contribution < -0.4 is 20.4 Å². The first-order valence-corrected chi connectivity index (χ1v) is 15.2. The van der Waals surface area contributed by atoms with Crippen LogP contribution >= 0.6 is 0 Å². The van der Waals surface area contributed by atoms with Crippen molar-refractivity contribution in [1.29, 1.82) is 0 Å². The van der Waals surface area contributed by atoms with Crippen molar-refractivity contribution in [2.24, 2.45) is 10.2 Å². The van der Waals surface area contributed by atoms with Crippen molar-refractivity contribution in [2.75, 3.05) is 9.80 Å². The zero-order valence-electron chi connectivity index (χ0n) is 26.1. The van der Waals surface area contributed by atoms with Crippen LogP contribution in [0.3, 0.4) is 0 Å². The molecule has 14 heteroatoms. The fraction of sp³-hybridized carbons (Fsp3) is 0.111. The minimum Gasteiger partial charge on any atom is -0.294 e. The number of ketones is 2. The second-order valence-corrected chi connectivity index (χ2v) is 11.3. The van der Waals surface area contributed by atoms with Crippen molar-refractivity contribution in [3.63, 3.8) is 0 Å². The molecule has 2 aliphatic heterocycles. The monoisotopic (exact) mass is 670 g/mol. The molecule has 248 valence electrons. The summed E-state index contributed by atoms with van der Waals surface area (Å²) in [5, 5.41) is 12.7. The molecule has 2 heterocycles. The van der Waals surface area contributed by atoms with Crippen LogP contribution in [-0.4, -0.2) is 47.3 Å². The fourth-order valence-corrected chi connectivity index (χ4v) is 5.26. The summed E-state index contributed by atoms with van der Waals surface area (Å²) in [4.78, 5) is 98.5. The summed E-state index contributed by atoms with van der Waals surface area (Å²) in [7, 11) is 0. The SMILES string of the molecule is O=C1CC(=O)N(c2ccc(C(=O)Cc3ccc(N=Nc4ccc(CC(=O)c5ccc(N6C(=O)CC(=O)NC6=O)cc5)cc4)cc3)cc2)C(=O)N1. The van der Waals surface area contributed by atoms with Gasteiger partial charge >= 0.3 is 12.1 Å². The highest BCUT2D eigenvalue weighted by Gasteiger charge is 2.33. The number of nitrogens with zero attached hydrogens (tertiary/aromatic N) is 4. The number of carbonyl (C=O) groups is 8. The maximum absolute atomic E-state index is 12.8. The van der Waals surface area contributed by atoms with Crippen LogP contribution in [-0.2, 0) is 32.0 Å². The van der Waals surface area contributed by atoms with E-state index in [9.17, 15) is 38.4 Å². The summed E-state index contributed by atoms with van der Waals surface area (Å²) in [6.07, 6.45) is -0.652. The summed E-state index contributed by atoms with van der Waals surface area (Å²) in [5.74, 6) is -2.96. The van der Waals surface area contributed by atoms with Crippen LogP contribution in [0.1, 0.15) is 44.7 Å². The lowest BCUT2D eigenvalue weighted by Gasteiger charge is -2.24. The Hall–Kier alpha value is -6.96. The van der Waals surface area contributed by atoms with E-state index >= 15 is 0 Å². The first-order chi connectivity index (χ1) is 24.0. The molecule has 0 saturated carbocycles. The second kappa shape index (κ2) is 14.0. The van der Waals surface area contributed by atoms with E-state index < -0.39 is 48.5 Å². The molecular weight excluding hydrogens is 644 g/mol. The zero-order valence-corrected chi connectivity index (χ0v) is 26.1. The lowest BCUT2D eigenvalue weighted by molar-refractivity contribution is -0.130. The van der Waals surface area contributed by atoms with Crippen LogP contribution in [0.4, 0.5) is 32.3 Å². The average Bonchev–Trinajstić information content (AvgIpc) is 3.08. The lowest BCUT2D eigenvalue weighted by atomic mass is 10.0. The lowest BCUT2D eigenvalue weighted by Crippen LogP contribution is -2.52. The van der Waals surface area contributed by atoms with Crippen molar-refractivity contribution in [1.82, 2.24) is 10.6 Å². The molecule has 0 radical (unpaired) electrons. The molecule has 6 rings (SSSR count). The van der Waals surface area contributed by atoms with Crippen molar-refractivity contribution < 1.29 is 38.4 Å². The van der Waals surface area contributed by atoms with E-state index in [1.807, 2.05) is 0 Å². The highest BCUT2D eigenvalue weighted by Crippen LogP contribution is 2.23. The van der Waals surface area contributed by atoms with Gasteiger partial charge in [-0.05, 0) is 83.9 Å². The van der Waals surface area contributed by atoms with E-state index in [2.05, 4.69) is 20.9 Å². The molecule has 4 aromatic rings. The number of imide groups is 4. The van der Waals surface area contributed by atoms with Gasteiger partial charge in [-0.25, -0.2) is 19.4 Å². The van der Waals surface area contributed by atoms with Gasteiger partial charge in [-0.15, -0.1) is 0 Å². The minimum atomic E-state index is -0.832. The number of hydrogen-bond donors (Lipinski definition) is 2. The van der Waals surface area contributed by atoms with Crippen molar-refractivity contribution in [2.45, 2.75) is 25.7 Å². The molecule has 2 N–H and O–H groups in total. The average molecular weight is 671 g/mol. The molecule has 2 aliphatic rings. The van der Waals surface area contributed by atoms with Crippen LogP contribution in [0, 0.1) is 0 Å². The molecule has 0 spiro atoms. The maximum atomic E-state index is 12.8. The number of hydrogen-bond acceptors (Lipinski definition) is 10. The highest BCUT2D eigenvalue weighted by atomic mass is 16.2. The summed E-state index contributed by atoms with van der Waals surface area (Å²) in [6.45, 7) is 0. The van der Waals surface area contributed by atoms with Gasteiger partial charge < -0.3 is 0 Å². The first kappa shape index (κ1) is 33.0. The van der Waals surface area contributed by atoms with E-state index in [1.54, 1.807) is 48.5 Å². The fourth-order valence-electron chi connectivity index (χ4n) is 5.26. The van der Waals surface area contributed by atoms with Crippen LogP contribution in [0.15, 0.2) is 107 Å². The van der Waals surface area contributed by atoms with Crippen molar-refractivity contribution in [3.05, 3.63) is 119 Å². The molecular formula is C36H26N6O8. The van der Waals surface area contributed by atoms with E-state index in [0.717, 1.165) is 20.9 Å². The van der Waals surface area contributed by atoms with Gasteiger partial charge in [-0.3, -0.25) is 39.4 Å². The standard InChI is InChI=1S/C36H26N6O8/c43-29(23-5-13-27(14-6-23)41-33(47)19-31(45)37-35(41)49)17-21-1-9-25(10-2-21)39-40-26-11-3-22(4-12-26)18-30(44)24-7-15-28(16-8-24)42-34(48)20-32(46)38-36(42)50/h1-16H,17-20H2,(H,37,45,49)(H,38,46,50). The number of carbonyl (C=O) groups excluding carboxylic acids is 8. The Morgan fingerprint density at radius 1 is 0.500 bits per heavy atom. The quantitative estimate of drug-likeness (QED) is 0.135. The summed E-state index contributed by atoms with van der Waals surface area (Å²) < 4.78 is 0. The Balaban J connectivity index is 1.00. The summed E-state index contributed by atoms with van der Waals surface area (Å²) in [6, 6.07) is 24.2. The number of amides is 8. The molecule has 8 amide bonds.